The van der Waals surface area contributed by atoms with Crippen molar-refractivity contribution in [3.05, 3.63) is 56.9 Å². The van der Waals surface area contributed by atoms with Crippen LogP contribution in [0.4, 0.5) is 5.69 Å². The first-order valence-electron chi connectivity index (χ1n) is 8.20. The topological polar surface area (TPSA) is 119 Å². The Morgan fingerprint density at radius 3 is 2.96 bits per heavy atom. The Morgan fingerprint density at radius 1 is 1.30 bits per heavy atom. The van der Waals surface area contributed by atoms with Crippen LogP contribution in [0.15, 0.2) is 45.7 Å². The highest BCUT2D eigenvalue weighted by molar-refractivity contribution is 8.00. The third-order valence-electron chi connectivity index (χ3n) is 3.87. The molecule has 8 nitrogen and oxygen atoms in total. The molecule has 4 rings (SSSR count). The van der Waals surface area contributed by atoms with Crippen molar-refractivity contribution in [2.45, 2.75) is 23.8 Å². The fraction of sp³-hybridized carbons (Fsp3) is 0.176. The van der Waals surface area contributed by atoms with Gasteiger partial charge in [-0.2, -0.15) is 0 Å². The summed E-state index contributed by atoms with van der Waals surface area (Å²) in [5.74, 6) is 0.608. The number of hydrogen-bond acceptors (Lipinski definition) is 6. The number of aromatic amines is 3. The maximum absolute atomic E-state index is 12.4. The summed E-state index contributed by atoms with van der Waals surface area (Å²) >= 11 is 2.95. The number of imidazole rings is 1. The van der Waals surface area contributed by atoms with Crippen molar-refractivity contribution >= 4 is 45.7 Å². The van der Waals surface area contributed by atoms with Crippen LogP contribution in [-0.2, 0) is 11.2 Å². The largest absolute Gasteiger partial charge is 0.325 e. The van der Waals surface area contributed by atoms with Crippen LogP contribution >= 0.6 is 23.1 Å². The van der Waals surface area contributed by atoms with Crippen LogP contribution in [0.1, 0.15) is 17.6 Å². The molecule has 27 heavy (non-hydrogen) atoms. The number of amides is 1. The molecule has 3 heterocycles. The van der Waals surface area contributed by atoms with Gasteiger partial charge in [0.25, 0.3) is 0 Å². The van der Waals surface area contributed by atoms with Crippen molar-refractivity contribution in [3.8, 4) is 0 Å². The van der Waals surface area contributed by atoms with Gasteiger partial charge in [0.15, 0.2) is 0 Å². The lowest BCUT2D eigenvalue weighted by Crippen LogP contribution is -2.22. The van der Waals surface area contributed by atoms with Gasteiger partial charge < -0.3 is 15.3 Å². The lowest BCUT2D eigenvalue weighted by atomic mass is 10.2. The molecule has 0 saturated carbocycles. The number of anilines is 1. The van der Waals surface area contributed by atoms with Crippen LogP contribution in [-0.4, -0.2) is 36.3 Å². The quantitative estimate of drug-likeness (QED) is 0.371. The molecule has 0 radical (unpaired) electrons. The highest BCUT2D eigenvalue weighted by atomic mass is 32.2. The van der Waals surface area contributed by atoms with E-state index in [1.165, 1.54) is 16.6 Å². The Morgan fingerprint density at radius 2 is 2.15 bits per heavy atom. The predicted molar refractivity (Wildman–Crippen MR) is 106 cm³/mol. The average Bonchev–Trinajstić information content (AvgIpc) is 3.36. The molecule has 4 aromatic rings. The van der Waals surface area contributed by atoms with Gasteiger partial charge in [0, 0.05) is 17.0 Å². The Bertz CT molecular complexity index is 1130. The predicted octanol–water partition coefficient (Wildman–Crippen LogP) is 2.75. The zero-order valence-electron chi connectivity index (χ0n) is 14.3. The van der Waals surface area contributed by atoms with E-state index in [4.69, 9.17) is 0 Å². The van der Waals surface area contributed by atoms with Gasteiger partial charge in [-0.25, -0.2) is 9.78 Å². The van der Waals surface area contributed by atoms with Gasteiger partial charge in [-0.1, -0.05) is 17.8 Å². The molecular formula is C17H16N6O2S2. The van der Waals surface area contributed by atoms with Crippen LogP contribution in [0, 0.1) is 0 Å². The van der Waals surface area contributed by atoms with Gasteiger partial charge in [-0.05, 0) is 36.6 Å². The summed E-state index contributed by atoms with van der Waals surface area (Å²) in [7, 11) is 0. The molecule has 0 aliphatic heterocycles. The Hall–Kier alpha value is -2.85. The lowest BCUT2D eigenvalue weighted by Gasteiger charge is -2.10. The standard InChI is InChI=1S/C17H16N6O2S2/c1-9(27-17-21-14(22-23-17)8-11-3-2-6-26-11)15(24)18-10-4-5-12-13(7-10)20-16(25)19-12/h2-7,9H,8H2,1H3,(H,18,24)(H2,19,20,25)(H,21,22,23). The van der Waals surface area contributed by atoms with Crippen molar-refractivity contribution in [3.63, 3.8) is 0 Å². The molecule has 10 heteroatoms. The molecule has 1 unspecified atom stereocenters. The Kier molecular flexibility index (Phi) is 4.82. The highest BCUT2D eigenvalue weighted by Crippen LogP contribution is 2.22. The second-order valence-electron chi connectivity index (χ2n) is 5.91. The molecular weight excluding hydrogens is 384 g/mol. The van der Waals surface area contributed by atoms with Crippen LogP contribution in [0.5, 0.6) is 0 Å². The molecule has 0 aliphatic rings. The van der Waals surface area contributed by atoms with Crippen molar-refractivity contribution in [1.82, 2.24) is 25.1 Å². The van der Waals surface area contributed by atoms with Crippen molar-refractivity contribution < 1.29 is 4.79 Å². The average molecular weight is 400 g/mol. The van der Waals surface area contributed by atoms with Crippen LogP contribution < -0.4 is 11.0 Å². The van der Waals surface area contributed by atoms with E-state index >= 15 is 0 Å². The molecule has 0 aliphatic carbocycles. The highest BCUT2D eigenvalue weighted by Gasteiger charge is 2.18. The van der Waals surface area contributed by atoms with Crippen molar-refractivity contribution in [2.24, 2.45) is 0 Å². The second-order valence-corrected chi connectivity index (χ2v) is 8.25. The fourth-order valence-electron chi connectivity index (χ4n) is 2.55. The van der Waals surface area contributed by atoms with Gasteiger partial charge in [0.1, 0.15) is 5.82 Å². The Balaban J connectivity index is 1.38. The first-order chi connectivity index (χ1) is 13.1. The number of thioether (sulfide) groups is 1. The number of rotatable bonds is 6. The van der Waals surface area contributed by atoms with Crippen LogP contribution in [0.2, 0.25) is 0 Å². The second kappa shape index (κ2) is 7.41. The van der Waals surface area contributed by atoms with E-state index in [1.807, 2.05) is 17.5 Å². The SMILES string of the molecule is CC(Sc1n[nH]c(Cc2cccs2)n1)C(=O)Nc1ccc2[nH]c(=O)[nH]c2c1. The fourth-order valence-corrected chi connectivity index (χ4v) is 4.01. The van der Waals surface area contributed by atoms with E-state index in [0.717, 1.165) is 5.82 Å². The zero-order valence-corrected chi connectivity index (χ0v) is 15.9. The molecule has 3 aromatic heterocycles. The minimum Gasteiger partial charge on any atom is -0.325 e. The number of carbonyl (C=O) groups is 1. The molecule has 1 aromatic carbocycles. The maximum Gasteiger partial charge on any atom is 0.323 e. The molecule has 0 spiro atoms. The smallest absolute Gasteiger partial charge is 0.323 e. The van der Waals surface area contributed by atoms with Crippen molar-refractivity contribution in [1.29, 1.82) is 0 Å². The summed E-state index contributed by atoms with van der Waals surface area (Å²) < 4.78 is 0. The van der Waals surface area contributed by atoms with Gasteiger partial charge in [0.05, 0.1) is 16.3 Å². The molecule has 0 bridgehead atoms. The maximum atomic E-state index is 12.4. The number of H-pyrrole nitrogens is 3. The van der Waals surface area contributed by atoms with Crippen molar-refractivity contribution in [2.75, 3.05) is 5.32 Å². The molecule has 0 saturated heterocycles. The van der Waals surface area contributed by atoms with Crippen LogP contribution in [0.25, 0.3) is 11.0 Å². The first kappa shape index (κ1) is 17.6. The summed E-state index contributed by atoms with van der Waals surface area (Å²) in [6, 6.07) is 9.25. The van der Waals surface area contributed by atoms with E-state index in [9.17, 15) is 9.59 Å². The number of nitrogens with one attached hydrogen (secondary N) is 4. The summed E-state index contributed by atoms with van der Waals surface area (Å²) in [6.45, 7) is 1.80. The lowest BCUT2D eigenvalue weighted by molar-refractivity contribution is -0.115. The van der Waals surface area contributed by atoms with Gasteiger partial charge in [-0.15, -0.1) is 16.4 Å². The molecule has 4 N–H and O–H groups in total. The summed E-state index contributed by atoms with van der Waals surface area (Å²) in [4.78, 5) is 34.7. The normalized spacial score (nSPS) is 12.3. The van der Waals surface area contributed by atoms with Gasteiger partial charge in [-0.3, -0.25) is 9.89 Å². The van der Waals surface area contributed by atoms with E-state index in [2.05, 4.69) is 30.5 Å². The Labute approximate surface area is 161 Å². The summed E-state index contributed by atoms with van der Waals surface area (Å²) in [6.07, 6.45) is 0.695. The summed E-state index contributed by atoms with van der Waals surface area (Å²) in [5.41, 5.74) is 1.67. The number of hydrogen-bond donors (Lipinski definition) is 4. The van der Waals surface area contributed by atoms with Gasteiger partial charge >= 0.3 is 5.69 Å². The molecule has 1 amide bonds. The monoisotopic (exact) mass is 400 g/mol. The van der Waals surface area contributed by atoms with E-state index in [-0.39, 0.29) is 16.8 Å². The van der Waals surface area contributed by atoms with Crippen LogP contribution in [0.3, 0.4) is 0 Å². The van der Waals surface area contributed by atoms with Gasteiger partial charge in [0.2, 0.25) is 11.1 Å². The van der Waals surface area contributed by atoms with E-state index in [0.29, 0.717) is 28.3 Å². The third-order valence-corrected chi connectivity index (χ3v) is 5.71. The molecule has 138 valence electrons. The number of fused-ring (bicyclic) bond motifs is 1. The number of thiophene rings is 1. The zero-order chi connectivity index (χ0) is 18.8. The van der Waals surface area contributed by atoms with E-state index < -0.39 is 0 Å². The number of carbonyl (C=O) groups excluding carboxylic acids is 1. The third kappa shape index (κ3) is 4.12. The minimum atomic E-state index is -0.378. The number of benzene rings is 1. The minimum absolute atomic E-state index is 0.165. The van der Waals surface area contributed by atoms with E-state index in [1.54, 1.807) is 36.5 Å². The molecule has 0 fully saturated rings. The number of aromatic nitrogens is 5. The molecule has 1 atom stereocenters. The number of nitrogens with zero attached hydrogens (tertiary/aromatic N) is 2. The first-order valence-corrected chi connectivity index (χ1v) is 9.96. The summed E-state index contributed by atoms with van der Waals surface area (Å²) in [5, 5.41) is 12.1.